The molecule has 13 heteroatoms. The van der Waals surface area contributed by atoms with Crippen LogP contribution in [-0.2, 0) is 4.79 Å². The van der Waals surface area contributed by atoms with Crippen LogP contribution < -0.4 is 10.6 Å². The number of para-hydroxylation sites is 1. The molecule has 234 valence electrons. The van der Waals surface area contributed by atoms with Crippen molar-refractivity contribution < 1.29 is 33.0 Å². The Bertz CT molecular complexity index is 1730. The molecule has 1 unspecified atom stereocenters. The average molecular weight is 622 g/mol. The van der Waals surface area contributed by atoms with Crippen LogP contribution in [0.15, 0.2) is 101 Å². The lowest BCUT2D eigenvalue weighted by Gasteiger charge is -2.30. The number of amides is 2. The van der Waals surface area contributed by atoms with E-state index in [1.54, 1.807) is 47.0 Å². The first kappa shape index (κ1) is 31.3. The minimum absolute atomic E-state index is 0.0572. The summed E-state index contributed by atoms with van der Waals surface area (Å²) in [7, 11) is 0. The monoisotopic (exact) mass is 621 g/mol. The number of aromatic amines is 1. The zero-order valence-electron chi connectivity index (χ0n) is 23.9. The maximum atomic E-state index is 12.9. The minimum Gasteiger partial charge on any atom is -0.465 e. The van der Waals surface area contributed by atoms with Crippen LogP contribution in [0, 0.1) is 0 Å². The molecule has 0 radical (unpaired) electrons. The van der Waals surface area contributed by atoms with Crippen molar-refractivity contribution in [2.75, 3.05) is 24.5 Å². The number of imidazole rings is 1. The fourth-order valence-electron chi connectivity index (χ4n) is 5.36. The molecule has 3 heterocycles. The fraction of sp³-hybridized carbons (Fsp3) is 0.250. The van der Waals surface area contributed by atoms with Gasteiger partial charge in [0.15, 0.2) is 0 Å². The molecular formula is C32H30F3N5O5. The topological polar surface area (TPSA) is 131 Å². The summed E-state index contributed by atoms with van der Waals surface area (Å²) in [5.74, 6) is -1.11. The van der Waals surface area contributed by atoms with E-state index in [1.165, 1.54) is 17.0 Å². The van der Waals surface area contributed by atoms with Crippen LogP contribution in [0.25, 0.3) is 11.3 Å². The molecule has 2 aliphatic heterocycles. The van der Waals surface area contributed by atoms with Crippen molar-refractivity contribution in [3.63, 3.8) is 0 Å². The van der Waals surface area contributed by atoms with Crippen molar-refractivity contribution in [2.45, 2.75) is 31.3 Å². The summed E-state index contributed by atoms with van der Waals surface area (Å²) < 4.78 is 40.3. The van der Waals surface area contributed by atoms with E-state index < -0.39 is 30.9 Å². The highest BCUT2D eigenvalue weighted by molar-refractivity contribution is 6.19. The molecule has 1 atom stereocenters. The van der Waals surface area contributed by atoms with Crippen LogP contribution >= 0.6 is 0 Å². The van der Waals surface area contributed by atoms with Gasteiger partial charge in [-0.3, -0.25) is 14.3 Å². The number of aliphatic hydroxyl groups excluding tert-OH is 1. The van der Waals surface area contributed by atoms with Crippen molar-refractivity contribution in [1.29, 1.82) is 0 Å². The first-order chi connectivity index (χ1) is 21.5. The number of benzene rings is 3. The third kappa shape index (κ3) is 7.32. The Morgan fingerprint density at radius 1 is 0.889 bits per heavy atom. The maximum absolute atomic E-state index is 12.9. The molecule has 1 aromatic heterocycles. The van der Waals surface area contributed by atoms with Gasteiger partial charge in [-0.25, -0.2) is 14.6 Å². The Morgan fingerprint density at radius 3 is 2.07 bits per heavy atom. The molecule has 6 rings (SSSR count). The molecule has 2 amide bonds. The Morgan fingerprint density at radius 2 is 1.47 bits per heavy atom. The van der Waals surface area contributed by atoms with Crippen LogP contribution in [0.1, 0.15) is 30.0 Å². The number of nitrogens with zero attached hydrogens (tertiary/aromatic N) is 4. The van der Waals surface area contributed by atoms with Gasteiger partial charge in [-0.15, -0.1) is 0 Å². The number of alkyl halides is 3. The zero-order valence-corrected chi connectivity index (χ0v) is 23.9. The lowest BCUT2D eigenvalue weighted by molar-refractivity contribution is -0.137. The largest absolute Gasteiger partial charge is 0.465 e. The quantitative estimate of drug-likeness (QED) is 0.298. The number of hydrogen-bond donors (Lipinski definition) is 3. The van der Waals surface area contributed by atoms with Gasteiger partial charge < -0.3 is 20.1 Å². The van der Waals surface area contributed by atoms with Crippen LogP contribution in [0.4, 0.5) is 23.7 Å². The number of aromatic nitrogens is 2. The Kier molecular flexibility index (Phi) is 9.18. The number of carbonyl (C=O) groups is 2. The second kappa shape index (κ2) is 13.2. The SMILES string of the molecule is O=C(O)N1CCC(n2cc(-c3ccccc3)[nH]c2=O)CC1.O=C1C(O)N=C(c2ccccc2)c2ccccc2N1CC(F)(F)F. The van der Waals surface area contributed by atoms with Gasteiger partial charge in [0.05, 0.1) is 17.1 Å². The normalized spacial score (nSPS) is 17.1. The van der Waals surface area contributed by atoms with Gasteiger partial charge in [0, 0.05) is 36.5 Å². The van der Waals surface area contributed by atoms with Crippen LogP contribution in [-0.4, -0.2) is 74.4 Å². The van der Waals surface area contributed by atoms with Crippen molar-refractivity contribution in [2.24, 2.45) is 4.99 Å². The van der Waals surface area contributed by atoms with E-state index in [1.807, 2.05) is 36.5 Å². The van der Waals surface area contributed by atoms with Crippen LogP contribution in [0.5, 0.6) is 0 Å². The predicted molar refractivity (Wildman–Crippen MR) is 161 cm³/mol. The second-order valence-corrected chi connectivity index (χ2v) is 10.5. The highest BCUT2D eigenvalue weighted by Gasteiger charge is 2.38. The van der Waals surface area contributed by atoms with E-state index in [0.29, 0.717) is 42.0 Å². The standard InChI is InChI=1S/C17H13F3N2O2.C15H17N3O3/c18-17(19,20)10-22-13-9-5-4-8-12(13)14(21-15(23)16(22)24)11-6-2-1-3-7-11;19-14-16-13(11-4-2-1-3-5-11)10-18(14)12-6-8-17(9-7-12)15(20)21/h1-9,15,23H,10H2;1-5,10,12H,6-9H2,(H,16,19)(H,20,21). The smallest absolute Gasteiger partial charge is 0.407 e. The molecule has 4 aromatic rings. The molecule has 0 spiro atoms. The third-order valence-corrected chi connectivity index (χ3v) is 7.53. The molecular weight excluding hydrogens is 591 g/mol. The molecule has 1 saturated heterocycles. The molecule has 45 heavy (non-hydrogen) atoms. The number of hydrogen-bond acceptors (Lipinski definition) is 5. The summed E-state index contributed by atoms with van der Waals surface area (Å²) in [6.07, 6.45) is -4.22. The molecule has 1 fully saturated rings. The molecule has 3 aromatic carbocycles. The minimum atomic E-state index is -4.60. The predicted octanol–water partition coefficient (Wildman–Crippen LogP) is 4.91. The van der Waals surface area contributed by atoms with Crippen molar-refractivity contribution in [3.05, 3.63) is 113 Å². The van der Waals surface area contributed by atoms with Gasteiger partial charge in [-0.1, -0.05) is 78.9 Å². The molecule has 0 aliphatic carbocycles. The Labute approximate surface area is 255 Å². The molecule has 10 nitrogen and oxygen atoms in total. The van der Waals surface area contributed by atoms with Crippen LogP contribution in [0.2, 0.25) is 0 Å². The number of aliphatic hydroxyl groups is 1. The summed E-state index contributed by atoms with van der Waals surface area (Å²) in [5.41, 5.74) is 2.93. The van der Waals surface area contributed by atoms with E-state index in [9.17, 15) is 32.7 Å². The Hall–Kier alpha value is -5.17. The highest BCUT2D eigenvalue weighted by atomic mass is 19.4. The number of piperidine rings is 1. The number of rotatable bonds is 4. The summed E-state index contributed by atoms with van der Waals surface area (Å²) in [6, 6.07) is 24.6. The average Bonchev–Trinajstić information content (AvgIpc) is 3.40. The van der Waals surface area contributed by atoms with E-state index in [4.69, 9.17) is 5.11 Å². The molecule has 3 N–H and O–H groups in total. The lowest BCUT2D eigenvalue weighted by Crippen LogP contribution is -2.43. The van der Waals surface area contributed by atoms with Crippen molar-refractivity contribution in [3.8, 4) is 11.3 Å². The summed E-state index contributed by atoms with van der Waals surface area (Å²) in [5, 5.41) is 18.9. The molecule has 0 saturated carbocycles. The summed E-state index contributed by atoms with van der Waals surface area (Å²) in [6.45, 7) is -0.548. The fourth-order valence-corrected chi connectivity index (χ4v) is 5.36. The van der Waals surface area contributed by atoms with Gasteiger partial charge in [0.2, 0.25) is 6.23 Å². The number of fused-ring (bicyclic) bond motifs is 1. The van der Waals surface area contributed by atoms with Crippen LogP contribution in [0.3, 0.4) is 0 Å². The van der Waals surface area contributed by atoms with Gasteiger partial charge in [0.1, 0.15) is 6.54 Å². The number of carboxylic acid groups (broad SMARTS) is 1. The number of aliphatic imine (C=N–C) groups is 1. The van der Waals surface area contributed by atoms with E-state index in [-0.39, 0.29) is 23.1 Å². The first-order valence-corrected chi connectivity index (χ1v) is 14.1. The van der Waals surface area contributed by atoms with E-state index in [2.05, 4.69) is 9.98 Å². The van der Waals surface area contributed by atoms with Gasteiger partial charge in [-0.05, 0) is 24.5 Å². The Balaban J connectivity index is 0.000000179. The molecule has 0 bridgehead atoms. The number of nitrogens with one attached hydrogen (secondary N) is 1. The van der Waals surface area contributed by atoms with E-state index >= 15 is 0 Å². The first-order valence-electron chi connectivity index (χ1n) is 14.1. The lowest BCUT2D eigenvalue weighted by atomic mass is 10.0. The number of likely N-dealkylation sites (tertiary alicyclic amines) is 1. The maximum Gasteiger partial charge on any atom is 0.407 e. The van der Waals surface area contributed by atoms with Crippen molar-refractivity contribution >= 4 is 23.4 Å². The number of carbonyl (C=O) groups excluding carboxylic acids is 1. The second-order valence-electron chi connectivity index (χ2n) is 10.5. The van der Waals surface area contributed by atoms with Gasteiger partial charge in [0.25, 0.3) is 5.91 Å². The van der Waals surface area contributed by atoms with Gasteiger partial charge >= 0.3 is 18.0 Å². The number of benzodiazepines with no additional fused rings is 1. The summed E-state index contributed by atoms with van der Waals surface area (Å²) >= 11 is 0. The number of halogens is 3. The number of H-pyrrole nitrogens is 1. The van der Waals surface area contributed by atoms with E-state index in [0.717, 1.165) is 11.3 Å². The zero-order chi connectivity index (χ0) is 32.1. The summed E-state index contributed by atoms with van der Waals surface area (Å²) in [4.78, 5) is 44.0. The third-order valence-electron chi connectivity index (χ3n) is 7.53. The molecule has 2 aliphatic rings. The highest BCUT2D eigenvalue weighted by Crippen LogP contribution is 2.31. The van der Waals surface area contributed by atoms with Crippen molar-refractivity contribution in [1.82, 2.24) is 14.5 Å². The number of anilines is 1. The van der Waals surface area contributed by atoms with Gasteiger partial charge in [-0.2, -0.15) is 13.2 Å².